The number of carbonyl (C=O) groups excluding carboxylic acids is 1. The molecule has 0 spiro atoms. The Balaban J connectivity index is 1.58. The SMILES string of the molecule is CC(C)(NC(=O)C1C2CNC[C@@H]21)c1c2ccccc2cc2cncn12. The second-order valence-electron chi connectivity index (χ2n) is 7.89. The van der Waals surface area contributed by atoms with Gasteiger partial charge in [-0.05, 0) is 50.2 Å². The van der Waals surface area contributed by atoms with Crippen LogP contribution in [0.1, 0.15) is 19.5 Å². The molecule has 2 unspecified atom stereocenters. The molecule has 3 heterocycles. The van der Waals surface area contributed by atoms with Gasteiger partial charge in [0.1, 0.15) is 0 Å². The molecule has 1 aliphatic heterocycles. The topological polar surface area (TPSA) is 58.4 Å². The van der Waals surface area contributed by atoms with Crippen molar-refractivity contribution >= 4 is 22.2 Å². The Morgan fingerprint density at radius 2 is 2.04 bits per heavy atom. The molecule has 5 heteroatoms. The van der Waals surface area contributed by atoms with Crippen LogP contribution in [0.5, 0.6) is 0 Å². The van der Waals surface area contributed by atoms with E-state index in [1.165, 1.54) is 5.39 Å². The fourth-order valence-electron chi connectivity index (χ4n) is 4.62. The van der Waals surface area contributed by atoms with Crippen molar-refractivity contribution in [2.24, 2.45) is 17.8 Å². The summed E-state index contributed by atoms with van der Waals surface area (Å²) in [5, 5.41) is 8.99. The summed E-state index contributed by atoms with van der Waals surface area (Å²) in [4.78, 5) is 17.2. The molecule has 2 aliphatic rings. The molecule has 5 nitrogen and oxygen atoms in total. The van der Waals surface area contributed by atoms with Crippen LogP contribution < -0.4 is 10.6 Å². The number of aromatic nitrogens is 2. The zero-order chi connectivity index (χ0) is 17.2. The standard InChI is InChI=1S/C20H22N4O/c1-20(2,23-19(25)17-15-9-21-10-16(15)17)18-14-6-4-3-5-12(14)7-13-8-22-11-24(13)18/h3-8,11,15-17,21H,9-10H2,1-2H3,(H,23,25)/t15-,16?,17?/m0/s1. The highest BCUT2D eigenvalue weighted by molar-refractivity contribution is 5.90. The first-order valence-corrected chi connectivity index (χ1v) is 8.93. The van der Waals surface area contributed by atoms with Gasteiger partial charge in [0.2, 0.25) is 5.91 Å². The predicted molar refractivity (Wildman–Crippen MR) is 97.2 cm³/mol. The van der Waals surface area contributed by atoms with Gasteiger partial charge in [-0.15, -0.1) is 0 Å². The van der Waals surface area contributed by atoms with Crippen LogP contribution in [0.4, 0.5) is 0 Å². The number of imidazole rings is 1. The van der Waals surface area contributed by atoms with Gasteiger partial charge in [0.25, 0.3) is 0 Å². The highest BCUT2D eigenvalue weighted by Gasteiger charge is 2.57. The summed E-state index contributed by atoms with van der Waals surface area (Å²) in [6.07, 6.45) is 3.70. The Labute approximate surface area is 146 Å². The summed E-state index contributed by atoms with van der Waals surface area (Å²) in [5.74, 6) is 1.41. The molecule has 2 N–H and O–H groups in total. The smallest absolute Gasteiger partial charge is 0.224 e. The first kappa shape index (κ1) is 14.9. The lowest BCUT2D eigenvalue weighted by Crippen LogP contribution is -2.44. The third-order valence-corrected chi connectivity index (χ3v) is 5.85. The van der Waals surface area contributed by atoms with Crippen LogP contribution in [0, 0.1) is 17.8 Å². The lowest BCUT2D eigenvalue weighted by atomic mass is 9.93. The van der Waals surface area contributed by atoms with Gasteiger partial charge in [0.05, 0.1) is 29.3 Å². The van der Waals surface area contributed by atoms with Crippen molar-refractivity contribution in [1.82, 2.24) is 20.0 Å². The lowest BCUT2D eigenvalue weighted by molar-refractivity contribution is -0.124. The number of pyridine rings is 1. The van der Waals surface area contributed by atoms with Gasteiger partial charge in [-0.25, -0.2) is 4.98 Å². The largest absolute Gasteiger partial charge is 0.345 e. The van der Waals surface area contributed by atoms with Crippen molar-refractivity contribution < 1.29 is 4.79 Å². The fourth-order valence-corrected chi connectivity index (χ4v) is 4.62. The maximum absolute atomic E-state index is 12.9. The molecule has 128 valence electrons. The molecule has 1 saturated carbocycles. The monoisotopic (exact) mass is 334 g/mol. The van der Waals surface area contributed by atoms with Crippen molar-refractivity contribution in [3.63, 3.8) is 0 Å². The number of hydrogen-bond acceptors (Lipinski definition) is 3. The van der Waals surface area contributed by atoms with Crippen molar-refractivity contribution in [3.05, 3.63) is 48.5 Å². The van der Waals surface area contributed by atoms with E-state index in [-0.39, 0.29) is 11.8 Å². The summed E-state index contributed by atoms with van der Waals surface area (Å²) >= 11 is 0. The van der Waals surface area contributed by atoms with Crippen LogP contribution in [0.3, 0.4) is 0 Å². The first-order valence-electron chi connectivity index (χ1n) is 8.93. The van der Waals surface area contributed by atoms with E-state index in [1.807, 2.05) is 24.7 Å². The van der Waals surface area contributed by atoms with Crippen LogP contribution in [0.25, 0.3) is 16.3 Å². The van der Waals surface area contributed by atoms with E-state index in [0.717, 1.165) is 29.7 Å². The Bertz CT molecular complexity index is 980. The number of nitrogens with zero attached hydrogens (tertiary/aromatic N) is 2. The van der Waals surface area contributed by atoms with Crippen LogP contribution in [0.2, 0.25) is 0 Å². The van der Waals surface area contributed by atoms with Gasteiger partial charge < -0.3 is 15.0 Å². The van der Waals surface area contributed by atoms with Gasteiger partial charge in [-0.1, -0.05) is 24.3 Å². The molecule has 2 fully saturated rings. The Morgan fingerprint density at radius 3 is 2.84 bits per heavy atom. The summed E-state index contributed by atoms with van der Waals surface area (Å²) in [7, 11) is 0. The molecule has 0 bridgehead atoms. The van der Waals surface area contributed by atoms with Crippen LogP contribution in [0.15, 0.2) is 42.9 Å². The molecule has 1 aliphatic carbocycles. The number of piperidine rings is 1. The maximum Gasteiger partial charge on any atom is 0.224 e. The highest BCUT2D eigenvalue weighted by Crippen LogP contribution is 2.49. The highest BCUT2D eigenvalue weighted by atomic mass is 16.2. The van der Waals surface area contributed by atoms with Gasteiger partial charge in [0, 0.05) is 11.3 Å². The minimum absolute atomic E-state index is 0.175. The van der Waals surface area contributed by atoms with Crippen LogP contribution in [-0.2, 0) is 10.3 Å². The summed E-state index contributed by atoms with van der Waals surface area (Å²) in [6.45, 7) is 6.12. The number of fused-ring (bicyclic) bond motifs is 3. The Kier molecular flexibility index (Phi) is 3.01. The second-order valence-corrected chi connectivity index (χ2v) is 7.89. The molecular weight excluding hydrogens is 312 g/mol. The van der Waals surface area contributed by atoms with Gasteiger partial charge >= 0.3 is 0 Å². The summed E-state index contributed by atoms with van der Waals surface area (Å²) in [6, 6.07) is 10.5. The van der Waals surface area contributed by atoms with E-state index in [9.17, 15) is 4.79 Å². The Hall–Kier alpha value is -2.40. The number of nitrogens with one attached hydrogen (secondary N) is 2. The average molecular weight is 334 g/mol. The van der Waals surface area contributed by atoms with E-state index >= 15 is 0 Å². The third kappa shape index (κ3) is 2.19. The molecule has 3 atom stereocenters. The third-order valence-electron chi connectivity index (χ3n) is 5.85. The minimum atomic E-state index is -0.485. The second kappa shape index (κ2) is 5.05. The molecule has 1 saturated heterocycles. The molecule has 25 heavy (non-hydrogen) atoms. The van der Waals surface area contributed by atoms with Gasteiger partial charge in [-0.3, -0.25) is 4.79 Å². The average Bonchev–Trinajstić information content (AvgIpc) is 2.92. The normalized spacial score (nSPS) is 25.3. The molecule has 1 amide bonds. The van der Waals surface area contributed by atoms with Crippen LogP contribution in [-0.4, -0.2) is 28.4 Å². The van der Waals surface area contributed by atoms with Crippen molar-refractivity contribution in [3.8, 4) is 0 Å². The Morgan fingerprint density at radius 1 is 1.28 bits per heavy atom. The van der Waals surface area contributed by atoms with Crippen LogP contribution >= 0.6 is 0 Å². The molecular formula is C20H22N4O. The zero-order valence-corrected chi connectivity index (χ0v) is 14.5. The summed E-state index contributed by atoms with van der Waals surface area (Å²) in [5.41, 5.74) is 1.64. The first-order chi connectivity index (χ1) is 12.1. The minimum Gasteiger partial charge on any atom is -0.345 e. The summed E-state index contributed by atoms with van der Waals surface area (Å²) < 4.78 is 2.10. The quantitative estimate of drug-likeness (QED) is 0.773. The van der Waals surface area contributed by atoms with E-state index in [4.69, 9.17) is 0 Å². The van der Waals surface area contributed by atoms with E-state index in [1.54, 1.807) is 0 Å². The number of carbonyl (C=O) groups is 1. The van der Waals surface area contributed by atoms with E-state index in [2.05, 4.69) is 52.1 Å². The number of rotatable bonds is 3. The lowest BCUT2D eigenvalue weighted by Gasteiger charge is -2.29. The van der Waals surface area contributed by atoms with E-state index in [0.29, 0.717) is 11.8 Å². The number of amides is 1. The van der Waals surface area contributed by atoms with Gasteiger partial charge in [-0.2, -0.15) is 0 Å². The van der Waals surface area contributed by atoms with Crippen molar-refractivity contribution in [2.45, 2.75) is 19.4 Å². The van der Waals surface area contributed by atoms with Crippen molar-refractivity contribution in [1.29, 1.82) is 0 Å². The van der Waals surface area contributed by atoms with Crippen molar-refractivity contribution in [2.75, 3.05) is 13.1 Å². The number of hydrogen-bond donors (Lipinski definition) is 2. The predicted octanol–water partition coefficient (Wildman–Crippen LogP) is 2.30. The molecule has 2 aromatic heterocycles. The molecule has 5 rings (SSSR count). The number of benzene rings is 1. The maximum atomic E-state index is 12.9. The molecule has 1 aromatic carbocycles. The van der Waals surface area contributed by atoms with Gasteiger partial charge in [0.15, 0.2) is 0 Å². The zero-order valence-electron chi connectivity index (χ0n) is 14.5. The fraction of sp³-hybridized carbons (Fsp3) is 0.400. The molecule has 0 radical (unpaired) electrons. The van der Waals surface area contributed by atoms with E-state index < -0.39 is 5.54 Å². The molecule has 3 aromatic rings.